The van der Waals surface area contributed by atoms with Gasteiger partial charge in [-0.05, 0) is 19.3 Å². The summed E-state index contributed by atoms with van der Waals surface area (Å²) < 4.78 is 0. The van der Waals surface area contributed by atoms with Crippen LogP contribution in [0.15, 0.2) is 0 Å². The molecule has 0 bridgehead atoms. The second-order valence-corrected chi connectivity index (χ2v) is 4.94. The maximum absolute atomic E-state index is 9.37. The van der Waals surface area contributed by atoms with Crippen LogP contribution in [-0.2, 0) is 0 Å². The molecule has 0 aromatic carbocycles. The van der Waals surface area contributed by atoms with E-state index in [2.05, 4.69) is 17.1 Å². The average Bonchev–Trinajstić information content (AvgIpc) is 2.54. The van der Waals surface area contributed by atoms with Gasteiger partial charge in [-0.3, -0.25) is 10.2 Å². The van der Waals surface area contributed by atoms with Gasteiger partial charge in [-0.15, -0.1) is 11.6 Å². The fourth-order valence-electron chi connectivity index (χ4n) is 2.71. The van der Waals surface area contributed by atoms with Crippen LogP contribution >= 0.6 is 11.6 Å². The molecule has 0 aromatic heterocycles. The molecule has 2 aliphatic heterocycles. The Hall–Kier alpha value is 0.170. The quantitative estimate of drug-likeness (QED) is 0.672. The number of hydrogen-bond acceptors (Lipinski definition) is 3. The highest BCUT2D eigenvalue weighted by Crippen LogP contribution is 2.28. The molecular formula is C10H19ClN2O. The number of nitrogens with zero attached hydrogens (tertiary/aromatic N) is 1. The lowest BCUT2D eigenvalue weighted by Crippen LogP contribution is -2.47. The Bertz CT molecular complexity index is 203. The molecule has 0 saturated carbocycles. The van der Waals surface area contributed by atoms with E-state index >= 15 is 0 Å². The lowest BCUT2D eigenvalue weighted by Gasteiger charge is -2.35. The largest absolute Gasteiger partial charge is 0.395 e. The predicted octanol–water partition coefficient (Wildman–Crippen LogP) is 0.758. The minimum atomic E-state index is 0.242. The first-order chi connectivity index (χ1) is 6.76. The van der Waals surface area contributed by atoms with Crippen molar-refractivity contribution in [3.63, 3.8) is 0 Å². The van der Waals surface area contributed by atoms with Crippen LogP contribution in [0.1, 0.15) is 26.2 Å². The van der Waals surface area contributed by atoms with Crippen LogP contribution in [0.4, 0.5) is 0 Å². The van der Waals surface area contributed by atoms with Crippen molar-refractivity contribution in [1.29, 1.82) is 0 Å². The Morgan fingerprint density at radius 1 is 1.50 bits per heavy atom. The number of alkyl halides is 1. The van der Waals surface area contributed by atoms with Crippen LogP contribution in [-0.4, -0.2) is 46.8 Å². The number of aliphatic hydroxyl groups is 1. The van der Waals surface area contributed by atoms with Gasteiger partial charge in [-0.2, -0.15) is 0 Å². The zero-order chi connectivity index (χ0) is 10.1. The Morgan fingerprint density at radius 3 is 2.93 bits per heavy atom. The number of aliphatic hydroxyl groups excluding tert-OH is 1. The van der Waals surface area contributed by atoms with Gasteiger partial charge in [0.1, 0.15) is 0 Å². The number of piperidine rings is 1. The van der Waals surface area contributed by atoms with Gasteiger partial charge in [0, 0.05) is 24.0 Å². The van der Waals surface area contributed by atoms with Crippen LogP contribution in [0.3, 0.4) is 0 Å². The standard InChI is InChI=1S/C10H19ClN2O/c1-2-8-9(6-14)13-5-7(11)3-4-10(13)12-8/h7-10,12,14H,2-6H2,1H3/t7?,8?,9?,10-/m1/s1. The molecule has 2 fully saturated rings. The number of hydrogen-bond donors (Lipinski definition) is 2. The van der Waals surface area contributed by atoms with Crippen molar-refractivity contribution < 1.29 is 5.11 Å². The van der Waals surface area contributed by atoms with Crippen LogP contribution in [0, 0.1) is 0 Å². The summed E-state index contributed by atoms with van der Waals surface area (Å²) in [5.74, 6) is 0. The summed E-state index contributed by atoms with van der Waals surface area (Å²) in [6.07, 6.45) is 3.73. The van der Waals surface area contributed by atoms with Crippen molar-refractivity contribution in [1.82, 2.24) is 10.2 Å². The van der Waals surface area contributed by atoms with Crippen molar-refractivity contribution in [2.75, 3.05) is 13.2 Å². The summed E-state index contributed by atoms with van der Waals surface area (Å²) >= 11 is 6.15. The number of nitrogens with one attached hydrogen (secondary N) is 1. The van der Waals surface area contributed by atoms with Crippen LogP contribution in [0.25, 0.3) is 0 Å². The van der Waals surface area contributed by atoms with Crippen molar-refractivity contribution in [3.8, 4) is 0 Å². The molecule has 3 nitrogen and oxygen atoms in total. The van der Waals surface area contributed by atoms with Gasteiger partial charge in [0.05, 0.1) is 12.8 Å². The molecule has 14 heavy (non-hydrogen) atoms. The average molecular weight is 219 g/mol. The van der Waals surface area contributed by atoms with E-state index in [-0.39, 0.29) is 18.0 Å². The number of rotatable bonds is 2. The van der Waals surface area contributed by atoms with E-state index in [1.807, 2.05) is 0 Å². The highest BCUT2D eigenvalue weighted by Gasteiger charge is 2.41. The first kappa shape index (κ1) is 10.7. The first-order valence-corrected chi connectivity index (χ1v) is 5.96. The summed E-state index contributed by atoms with van der Waals surface area (Å²) in [5.41, 5.74) is 0. The highest BCUT2D eigenvalue weighted by atomic mass is 35.5. The molecule has 2 heterocycles. The third-order valence-corrected chi connectivity index (χ3v) is 3.84. The Morgan fingerprint density at radius 2 is 2.29 bits per heavy atom. The number of halogens is 1. The van der Waals surface area contributed by atoms with Gasteiger partial charge in [0.15, 0.2) is 0 Å². The van der Waals surface area contributed by atoms with E-state index in [1.165, 1.54) is 0 Å². The Labute approximate surface area is 90.4 Å². The smallest absolute Gasteiger partial charge is 0.0604 e. The third-order valence-electron chi connectivity index (χ3n) is 3.49. The molecule has 2 aliphatic rings. The summed E-state index contributed by atoms with van der Waals surface area (Å²) in [6.45, 7) is 3.32. The summed E-state index contributed by atoms with van der Waals surface area (Å²) in [7, 11) is 0. The lowest BCUT2D eigenvalue weighted by molar-refractivity contribution is 0.0990. The van der Waals surface area contributed by atoms with Crippen LogP contribution < -0.4 is 5.32 Å². The van der Waals surface area contributed by atoms with Crippen LogP contribution in [0.5, 0.6) is 0 Å². The van der Waals surface area contributed by atoms with E-state index in [0.717, 1.165) is 25.8 Å². The van der Waals surface area contributed by atoms with Gasteiger partial charge in [-0.25, -0.2) is 0 Å². The van der Waals surface area contributed by atoms with Crippen molar-refractivity contribution in [2.45, 2.75) is 49.8 Å². The topological polar surface area (TPSA) is 35.5 Å². The molecule has 2 saturated heterocycles. The Balaban J connectivity index is 2.06. The fourth-order valence-corrected chi connectivity index (χ4v) is 2.99. The molecule has 0 amide bonds. The van der Waals surface area contributed by atoms with E-state index in [4.69, 9.17) is 11.6 Å². The van der Waals surface area contributed by atoms with Crippen LogP contribution in [0.2, 0.25) is 0 Å². The number of fused-ring (bicyclic) bond motifs is 1. The van der Waals surface area contributed by atoms with Gasteiger partial charge in [0.25, 0.3) is 0 Å². The van der Waals surface area contributed by atoms with E-state index in [0.29, 0.717) is 12.2 Å². The molecule has 4 atom stereocenters. The summed E-state index contributed by atoms with van der Waals surface area (Å²) in [6, 6.07) is 0.707. The minimum Gasteiger partial charge on any atom is -0.395 e. The monoisotopic (exact) mass is 218 g/mol. The minimum absolute atomic E-state index is 0.242. The second-order valence-electron chi connectivity index (χ2n) is 4.32. The molecule has 82 valence electrons. The molecule has 0 spiro atoms. The normalized spacial score (nSPS) is 43.9. The fraction of sp³-hybridized carbons (Fsp3) is 1.00. The second kappa shape index (κ2) is 4.35. The van der Waals surface area contributed by atoms with E-state index in [9.17, 15) is 5.11 Å². The zero-order valence-electron chi connectivity index (χ0n) is 8.62. The maximum atomic E-state index is 9.37. The van der Waals surface area contributed by atoms with Gasteiger partial charge >= 0.3 is 0 Å². The molecule has 0 aliphatic carbocycles. The molecule has 3 unspecified atom stereocenters. The molecule has 0 aromatic rings. The molecular weight excluding hydrogens is 200 g/mol. The molecule has 0 radical (unpaired) electrons. The Kier molecular flexibility index (Phi) is 3.32. The highest BCUT2D eigenvalue weighted by molar-refractivity contribution is 6.20. The van der Waals surface area contributed by atoms with Crippen molar-refractivity contribution in [3.05, 3.63) is 0 Å². The lowest BCUT2D eigenvalue weighted by atomic mass is 10.1. The summed E-state index contributed by atoms with van der Waals surface area (Å²) in [5, 5.41) is 13.2. The van der Waals surface area contributed by atoms with Crippen molar-refractivity contribution in [2.24, 2.45) is 0 Å². The molecule has 4 heteroatoms. The first-order valence-electron chi connectivity index (χ1n) is 5.53. The van der Waals surface area contributed by atoms with Gasteiger partial charge in [-0.1, -0.05) is 6.92 Å². The third kappa shape index (κ3) is 1.78. The van der Waals surface area contributed by atoms with Gasteiger partial charge in [0.2, 0.25) is 0 Å². The SMILES string of the molecule is CCC1N[C@H]2CCC(Cl)CN2C1CO. The van der Waals surface area contributed by atoms with E-state index in [1.54, 1.807) is 0 Å². The molecule has 2 rings (SSSR count). The van der Waals surface area contributed by atoms with E-state index < -0.39 is 0 Å². The predicted molar refractivity (Wildman–Crippen MR) is 57.5 cm³/mol. The van der Waals surface area contributed by atoms with Gasteiger partial charge < -0.3 is 5.11 Å². The molecule has 2 N–H and O–H groups in total. The maximum Gasteiger partial charge on any atom is 0.0604 e. The summed E-state index contributed by atoms with van der Waals surface area (Å²) in [4.78, 5) is 2.34. The van der Waals surface area contributed by atoms with Crippen molar-refractivity contribution >= 4 is 11.6 Å². The zero-order valence-corrected chi connectivity index (χ0v) is 9.37.